The van der Waals surface area contributed by atoms with Crippen LogP contribution >= 0.6 is 11.8 Å². The number of imide groups is 1. The van der Waals surface area contributed by atoms with Crippen molar-refractivity contribution < 1.29 is 9.59 Å². The molecule has 116 valence electrons. The van der Waals surface area contributed by atoms with Crippen LogP contribution in [0.25, 0.3) is 0 Å². The highest BCUT2D eigenvalue weighted by Crippen LogP contribution is 2.14. The summed E-state index contributed by atoms with van der Waals surface area (Å²) in [6.45, 7) is 3.94. The van der Waals surface area contributed by atoms with Gasteiger partial charge in [-0.3, -0.25) is 10.1 Å². The van der Waals surface area contributed by atoms with E-state index in [-0.39, 0.29) is 5.75 Å². The Morgan fingerprint density at radius 3 is 2.68 bits per heavy atom. The quantitative estimate of drug-likeness (QED) is 0.823. The summed E-state index contributed by atoms with van der Waals surface area (Å²) in [4.78, 5) is 23.5. The van der Waals surface area contributed by atoms with Crippen LogP contribution in [0.1, 0.15) is 11.1 Å². The normalized spacial score (nSPS) is 10.3. The first-order valence-corrected chi connectivity index (χ1v) is 7.47. The van der Waals surface area contributed by atoms with Gasteiger partial charge in [0.15, 0.2) is 0 Å². The number of urea groups is 1. The summed E-state index contributed by atoms with van der Waals surface area (Å²) in [6.07, 6.45) is 0. The zero-order chi connectivity index (χ0) is 16.1. The number of hydrogen-bond acceptors (Lipinski definition) is 6. The summed E-state index contributed by atoms with van der Waals surface area (Å²) in [6, 6.07) is 4.97. The number of carbonyl (C=O) groups is 2. The molecule has 1 aromatic carbocycles. The molecule has 9 heteroatoms. The monoisotopic (exact) mass is 320 g/mol. The van der Waals surface area contributed by atoms with Crippen LogP contribution < -0.4 is 10.6 Å². The number of hydrogen-bond donors (Lipinski definition) is 2. The third-order valence-corrected chi connectivity index (χ3v) is 3.94. The van der Waals surface area contributed by atoms with E-state index >= 15 is 0 Å². The lowest BCUT2D eigenvalue weighted by molar-refractivity contribution is -0.117. The number of benzene rings is 1. The number of nitrogens with zero attached hydrogens (tertiary/aromatic N) is 4. The van der Waals surface area contributed by atoms with Gasteiger partial charge in [-0.25, -0.2) is 9.48 Å². The van der Waals surface area contributed by atoms with Gasteiger partial charge in [-0.15, -0.1) is 5.10 Å². The van der Waals surface area contributed by atoms with Gasteiger partial charge in [0.05, 0.1) is 5.75 Å². The summed E-state index contributed by atoms with van der Waals surface area (Å²) in [5, 5.41) is 16.2. The van der Waals surface area contributed by atoms with Crippen molar-refractivity contribution in [2.45, 2.75) is 19.0 Å². The van der Waals surface area contributed by atoms with Gasteiger partial charge < -0.3 is 5.32 Å². The van der Waals surface area contributed by atoms with Crippen molar-refractivity contribution in [1.82, 2.24) is 25.5 Å². The first kappa shape index (κ1) is 16.0. The van der Waals surface area contributed by atoms with Crippen molar-refractivity contribution in [2.24, 2.45) is 7.05 Å². The number of thioether (sulfide) groups is 1. The molecule has 1 aromatic heterocycles. The second kappa shape index (κ2) is 7.03. The van der Waals surface area contributed by atoms with E-state index in [0.29, 0.717) is 10.8 Å². The topological polar surface area (TPSA) is 102 Å². The Labute approximate surface area is 131 Å². The molecule has 0 saturated carbocycles. The Bertz CT molecular complexity index is 700. The third kappa shape index (κ3) is 4.29. The summed E-state index contributed by atoms with van der Waals surface area (Å²) in [5.41, 5.74) is 2.84. The molecule has 3 amide bonds. The second-order valence-corrected chi connectivity index (χ2v) is 5.62. The van der Waals surface area contributed by atoms with E-state index in [1.54, 1.807) is 13.1 Å². The van der Waals surface area contributed by atoms with Gasteiger partial charge in [0.1, 0.15) is 0 Å². The van der Waals surface area contributed by atoms with Crippen molar-refractivity contribution in [3.63, 3.8) is 0 Å². The number of aryl methyl sites for hydroxylation is 3. The fourth-order valence-electron chi connectivity index (χ4n) is 1.62. The number of carbonyl (C=O) groups excluding carboxylic acids is 2. The summed E-state index contributed by atoms with van der Waals surface area (Å²) in [5.74, 6) is -0.372. The highest BCUT2D eigenvalue weighted by molar-refractivity contribution is 7.99. The molecule has 0 atom stereocenters. The van der Waals surface area contributed by atoms with E-state index in [9.17, 15) is 9.59 Å². The fraction of sp³-hybridized carbons (Fsp3) is 0.308. The van der Waals surface area contributed by atoms with Crippen LogP contribution in [0.3, 0.4) is 0 Å². The zero-order valence-corrected chi connectivity index (χ0v) is 13.3. The maximum atomic E-state index is 11.7. The Morgan fingerprint density at radius 2 is 2.05 bits per heavy atom. The first-order chi connectivity index (χ1) is 10.5. The summed E-state index contributed by atoms with van der Waals surface area (Å²) < 4.78 is 1.45. The largest absolute Gasteiger partial charge is 0.325 e. The number of anilines is 1. The van der Waals surface area contributed by atoms with E-state index in [2.05, 4.69) is 26.2 Å². The zero-order valence-electron chi connectivity index (χ0n) is 12.5. The number of amides is 3. The molecule has 22 heavy (non-hydrogen) atoms. The first-order valence-electron chi connectivity index (χ1n) is 6.49. The average molecular weight is 320 g/mol. The third-order valence-electron chi connectivity index (χ3n) is 2.93. The number of rotatable bonds is 4. The van der Waals surface area contributed by atoms with Gasteiger partial charge in [-0.2, -0.15) is 0 Å². The van der Waals surface area contributed by atoms with E-state index in [0.717, 1.165) is 22.9 Å². The second-order valence-electron chi connectivity index (χ2n) is 4.68. The molecule has 1 heterocycles. The molecule has 0 spiro atoms. The van der Waals surface area contributed by atoms with Crippen molar-refractivity contribution >= 4 is 29.4 Å². The minimum atomic E-state index is -0.565. The highest BCUT2D eigenvalue weighted by Gasteiger charge is 2.11. The van der Waals surface area contributed by atoms with E-state index in [1.807, 2.05) is 26.0 Å². The summed E-state index contributed by atoms with van der Waals surface area (Å²) in [7, 11) is 1.67. The lowest BCUT2D eigenvalue weighted by atomic mass is 10.1. The molecule has 0 aliphatic heterocycles. The molecule has 0 bridgehead atoms. The van der Waals surface area contributed by atoms with Crippen LogP contribution in [0.15, 0.2) is 23.4 Å². The molecule has 2 rings (SSSR count). The van der Waals surface area contributed by atoms with Crippen LogP contribution in [-0.4, -0.2) is 37.9 Å². The SMILES string of the molecule is Cc1ccc(NC(=O)NC(=O)CSc2nnnn2C)cc1C. The maximum Gasteiger partial charge on any atom is 0.325 e. The summed E-state index contributed by atoms with van der Waals surface area (Å²) >= 11 is 1.15. The van der Waals surface area contributed by atoms with Crippen LogP contribution in [0.5, 0.6) is 0 Å². The van der Waals surface area contributed by atoms with Crippen molar-refractivity contribution in [3.05, 3.63) is 29.3 Å². The standard InChI is InChI=1S/C13H16N6O2S/c1-8-4-5-10(6-9(8)2)14-12(21)15-11(20)7-22-13-16-17-18-19(13)3/h4-6H,7H2,1-3H3,(H2,14,15,20,21). The van der Waals surface area contributed by atoms with Gasteiger partial charge in [0.2, 0.25) is 11.1 Å². The van der Waals surface area contributed by atoms with Crippen molar-refractivity contribution in [3.8, 4) is 0 Å². The van der Waals surface area contributed by atoms with E-state index in [1.165, 1.54) is 4.68 Å². The molecule has 0 aliphatic rings. The van der Waals surface area contributed by atoms with Crippen LogP contribution in [0.4, 0.5) is 10.5 Å². The molecule has 0 unspecified atom stereocenters. The minimum absolute atomic E-state index is 0.0502. The Balaban J connectivity index is 1.82. The van der Waals surface area contributed by atoms with E-state index in [4.69, 9.17) is 0 Å². The Morgan fingerprint density at radius 1 is 1.27 bits per heavy atom. The number of nitrogens with one attached hydrogen (secondary N) is 2. The number of aromatic nitrogens is 4. The lowest BCUT2D eigenvalue weighted by Crippen LogP contribution is -2.35. The van der Waals surface area contributed by atoms with Gasteiger partial charge in [0, 0.05) is 12.7 Å². The predicted molar refractivity (Wildman–Crippen MR) is 82.6 cm³/mol. The Kier molecular flexibility index (Phi) is 5.10. The van der Waals surface area contributed by atoms with Crippen LogP contribution in [-0.2, 0) is 11.8 Å². The molecule has 2 N–H and O–H groups in total. The number of tetrazole rings is 1. The average Bonchev–Trinajstić information content (AvgIpc) is 2.86. The van der Waals surface area contributed by atoms with Gasteiger partial charge in [0.25, 0.3) is 0 Å². The minimum Gasteiger partial charge on any atom is -0.308 e. The van der Waals surface area contributed by atoms with Crippen molar-refractivity contribution in [2.75, 3.05) is 11.1 Å². The molecule has 0 radical (unpaired) electrons. The smallest absolute Gasteiger partial charge is 0.308 e. The molecule has 0 fully saturated rings. The molecular weight excluding hydrogens is 304 g/mol. The molecule has 0 aliphatic carbocycles. The predicted octanol–water partition coefficient (Wildman–Crippen LogP) is 1.27. The van der Waals surface area contributed by atoms with Gasteiger partial charge in [-0.1, -0.05) is 17.8 Å². The van der Waals surface area contributed by atoms with Gasteiger partial charge in [-0.05, 0) is 47.5 Å². The van der Waals surface area contributed by atoms with Crippen LogP contribution in [0.2, 0.25) is 0 Å². The van der Waals surface area contributed by atoms with Crippen LogP contribution in [0, 0.1) is 13.8 Å². The van der Waals surface area contributed by atoms with Crippen molar-refractivity contribution in [1.29, 1.82) is 0 Å². The molecule has 2 aromatic rings. The molecule has 8 nitrogen and oxygen atoms in total. The highest BCUT2D eigenvalue weighted by atomic mass is 32.2. The molecular formula is C13H16N6O2S. The van der Waals surface area contributed by atoms with E-state index < -0.39 is 11.9 Å². The Hall–Kier alpha value is -2.42. The fourth-order valence-corrected chi connectivity index (χ4v) is 2.27. The molecule has 0 saturated heterocycles. The lowest BCUT2D eigenvalue weighted by Gasteiger charge is -2.08. The maximum absolute atomic E-state index is 11.7. The van der Waals surface area contributed by atoms with Gasteiger partial charge >= 0.3 is 6.03 Å².